The van der Waals surface area contributed by atoms with Crippen LogP contribution in [0.3, 0.4) is 0 Å². The van der Waals surface area contributed by atoms with Crippen molar-refractivity contribution in [1.82, 2.24) is 15.2 Å². The lowest BCUT2D eigenvalue weighted by molar-refractivity contribution is -0.179. The Labute approximate surface area is 169 Å². The first kappa shape index (κ1) is 20.5. The van der Waals surface area contributed by atoms with E-state index in [2.05, 4.69) is 21.8 Å². The molecular weight excluding hydrogens is 370 g/mol. The topological polar surface area (TPSA) is 97.3 Å². The van der Waals surface area contributed by atoms with Crippen LogP contribution >= 0.6 is 0 Å². The molecule has 1 fully saturated rings. The third-order valence-electron chi connectivity index (χ3n) is 4.84. The number of aromatic nitrogens is 3. The number of ether oxygens (including phenoxy) is 2. The number of aliphatic carboxylic acids is 1. The van der Waals surface area contributed by atoms with Gasteiger partial charge in [0.1, 0.15) is 11.2 Å². The van der Waals surface area contributed by atoms with Gasteiger partial charge in [-0.25, -0.2) is 0 Å². The van der Waals surface area contributed by atoms with Gasteiger partial charge in [-0.2, -0.15) is 5.10 Å². The van der Waals surface area contributed by atoms with E-state index in [1.165, 1.54) is 0 Å². The van der Waals surface area contributed by atoms with Crippen LogP contribution in [0.25, 0.3) is 11.4 Å². The quantitative estimate of drug-likeness (QED) is 0.594. The summed E-state index contributed by atoms with van der Waals surface area (Å²) in [4.78, 5) is 15.8. The molecular formula is C22H25N3O4. The third kappa shape index (κ3) is 5.20. The molecule has 1 saturated heterocycles. The fraction of sp³-hybridized carbons (Fsp3) is 0.318. The number of allylic oxidation sites excluding steroid dienone is 4. The van der Waals surface area contributed by atoms with Crippen LogP contribution < -0.4 is 4.74 Å². The fourth-order valence-corrected chi connectivity index (χ4v) is 3.06. The van der Waals surface area contributed by atoms with E-state index in [-0.39, 0.29) is 13.2 Å². The van der Waals surface area contributed by atoms with Gasteiger partial charge in [0.05, 0.1) is 37.4 Å². The second kappa shape index (κ2) is 9.34. The highest BCUT2D eigenvalue weighted by Crippen LogP contribution is 2.34. The average molecular weight is 395 g/mol. The molecule has 3 heterocycles. The number of nitrogens with one attached hydrogen (secondary N) is 1. The minimum atomic E-state index is -0.801. The molecule has 0 aromatic carbocycles. The van der Waals surface area contributed by atoms with E-state index in [0.717, 1.165) is 22.5 Å². The zero-order valence-corrected chi connectivity index (χ0v) is 16.4. The number of nitrogens with zero attached hydrogens (tertiary/aromatic N) is 2. The molecule has 0 radical (unpaired) electrons. The minimum Gasteiger partial charge on any atom is -0.492 e. The Kier molecular flexibility index (Phi) is 6.61. The van der Waals surface area contributed by atoms with E-state index in [9.17, 15) is 9.90 Å². The largest absolute Gasteiger partial charge is 0.492 e. The number of H-pyrrole nitrogens is 1. The third-order valence-corrected chi connectivity index (χ3v) is 4.84. The summed E-state index contributed by atoms with van der Waals surface area (Å²) in [5.41, 5.74) is 2.89. The number of rotatable bonds is 10. The number of carboxylic acids is 1. The van der Waals surface area contributed by atoms with E-state index >= 15 is 0 Å². The van der Waals surface area contributed by atoms with Gasteiger partial charge < -0.3 is 14.6 Å². The fourth-order valence-electron chi connectivity index (χ4n) is 3.06. The van der Waals surface area contributed by atoms with Crippen LogP contribution in [0.15, 0.2) is 66.5 Å². The normalized spacial score (nSPS) is 16.2. The first-order valence-corrected chi connectivity index (χ1v) is 9.41. The maximum atomic E-state index is 11.4. The van der Waals surface area contributed by atoms with Crippen LogP contribution in [0, 0.1) is 5.41 Å². The molecule has 7 heteroatoms. The summed E-state index contributed by atoms with van der Waals surface area (Å²) < 4.78 is 10.9. The highest BCUT2D eigenvalue weighted by atomic mass is 16.5. The zero-order chi connectivity index (χ0) is 20.7. The zero-order valence-electron chi connectivity index (χ0n) is 16.4. The number of carboxylic acid groups (broad SMARTS) is 1. The second-order valence-electron chi connectivity index (χ2n) is 7.16. The summed E-state index contributed by atoms with van der Waals surface area (Å²) in [6.45, 7) is 6.81. The van der Waals surface area contributed by atoms with Crippen molar-refractivity contribution in [2.45, 2.75) is 19.8 Å². The molecule has 2 N–H and O–H groups in total. The van der Waals surface area contributed by atoms with Gasteiger partial charge in [0.2, 0.25) is 0 Å². The lowest BCUT2D eigenvalue weighted by Crippen LogP contribution is -2.49. The van der Waals surface area contributed by atoms with Crippen molar-refractivity contribution in [3.8, 4) is 17.1 Å². The van der Waals surface area contributed by atoms with Gasteiger partial charge in [0.15, 0.2) is 0 Å². The van der Waals surface area contributed by atoms with Crippen molar-refractivity contribution < 1.29 is 19.4 Å². The molecule has 0 atom stereocenters. The molecule has 0 spiro atoms. The molecule has 1 aliphatic rings. The summed E-state index contributed by atoms with van der Waals surface area (Å²) in [5, 5.41) is 16.2. The Hall–Kier alpha value is -3.19. The molecule has 0 amide bonds. The van der Waals surface area contributed by atoms with Crippen LogP contribution in [0.5, 0.6) is 5.75 Å². The first-order valence-electron chi connectivity index (χ1n) is 9.41. The lowest BCUT2D eigenvalue weighted by atomic mass is 9.80. The Balaban J connectivity index is 1.50. The number of aromatic amines is 1. The van der Waals surface area contributed by atoms with Crippen molar-refractivity contribution in [2.24, 2.45) is 5.41 Å². The molecule has 29 heavy (non-hydrogen) atoms. The van der Waals surface area contributed by atoms with Crippen molar-refractivity contribution in [2.75, 3.05) is 19.8 Å². The van der Waals surface area contributed by atoms with Gasteiger partial charge in [-0.1, -0.05) is 30.4 Å². The molecule has 1 aliphatic heterocycles. The van der Waals surface area contributed by atoms with Crippen molar-refractivity contribution in [3.05, 3.63) is 66.5 Å². The summed E-state index contributed by atoms with van der Waals surface area (Å²) in [6, 6.07) is 5.61. The summed E-state index contributed by atoms with van der Waals surface area (Å²) in [7, 11) is 0. The monoisotopic (exact) mass is 395 g/mol. The standard InChI is InChI=1S/C22H25N3O4/c1-3-17(5-4-16(2)12-22(21(26)27)14-28-15-22)9-11-29-18-6-7-19(23-13-18)20-8-10-24-25-20/h3-8,10,13H,1,9,11-12,14-15H2,2H3,(H,24,25)(H,26,27)/b16-4+,17-5+. The van der Waals surface area contributed by atoms with E-state index in [1.807, 2.05) is 37.3 Å². The summed E-state index contributed by atoms with van der Waals surface area (Å²) in [6.07, 6.45) is 10.2. The molecule has 0 bridgehead atoms. The highest BCUT2D eigenvalue weighted by molar-refractivity contribution is 5.76. The molecule has 0 unspecified atom stereocenters. The molecule has 152 valence electrons. The maximum absolute atomic E-state index is 11.4. The van der Waals surface area contributed by atoms with E-state index in [0.29, 0.717) is 25.2 Å². The Morgan fingerprint density at radius 2 is 2.21 bits per heavy atom. The van der Waals surface area contributed by atoms with Gasteiger partial charge in [-0.3, -0.25) is 14.9 Å². The predicted octanol–water partition coefficient (Wildman–Crippen LogP) is 3.79. The highest BCUT2D eigenvalue weighted by Gasteiger charge is 2.46. The predicted molar refractivity (Wildman–Crippen MR) is 109 cm³/mol. The molecule has 7 nitrogen and oxygen atoms in total. The molecule has 0 aliphatic carbocycles. The molecule has 2 aromatic heterocycles. The Morgan fingerprint density at radius 1 is 1.38 bits per heavy atom. The number of hydrogen-bond donors (Lipinski definition) is 2. The van der Waals surface area contributed by atoms with Crippen molar-refractivity contribution in [1.29, 1.82) is 0 Å². The number of hydrogen-bond acceptors (Lipinski definition) is 5. The van der Waals surface area contributed by atoms with Crippen LogP contribution in [0.4, 0.5) is 0 Å². The van der Waals surface area contributed by atoms with Gasteiger partial charge in [-0.15, -0.1) is 0 Å². The van der Waals surface area contributed by atoms with Crippen LogP contribution in [0.1, 0.15) is 19.8 Å². The molecule has 2 aromatic rings. The van der Waals surface area contributed by atoms with Gasteiger partial charge >= 0.3 is 5.97 Å². The molecule has 0 saturated carbocycles. The Bertz CT molecular complexity index is 895. The maximum Gasteiger partial charge on any atom is 0.314 e. The van der Waals surface area contributed by atoms with Crippen LogP contribution in [-0.2, 0) is 9.53 Å². The van der Waals surface area contributed by atoms with Crippen molar-refractivity contribution >= 4 is 5.97 Å². The van der Waals surface area contributed by atoms with E-state index in [4.69, 9.17) is 9.47 Å². The van der Waals surface area contributed by atoms with Crippen LogP contribution in [0.2, 0.25) is 0 Å². The summed E-state index contributed by atoms with van der Waals surface area (Å²) >= 11 is 0. The number of pyridine rings is 1. The van der Waals surface area contributed by atoms with Crippen molar-refractivity contribution in [3.63, 3.8) is 0 Å². The SMILES string of the molecule is C=C/C(=C\C=C(/C)CC1(C(=O)O)COC1)CCOc1ccc(-c2ccn[nH]2)nc1. The smallest absolute Gasteiger partial charge is 0.314 e. The summed E-state index contributed by atoms with van der Waals surface area (Å²) in [5.74, 6) is -0.109. The van der Waals surface area contributed by atoms with E-state index < -0.39 is 11.4 Å². The number of carbonyl (C=O) groups is 1. The van der Waals surface area contributed by atoms with Gasteiger partial charge in [-0.05, 0) is 37.1 Å². The lowest BCUT2D eigenvalue weighted by Gasteiger charge is -2.37. The Morgan fingerprint density at radius 3 is 2.76 bits per heavy atom. The molecule has 3 rings (SSSR count). The van der Waals surface area contributed by atoms with E-state index in [1.54, 1.807) is 18.5 Å². The second-order valence-corrected chi connectivity index (χ2v) is 7.16. The van der Waals surface area contributed by atoms with Crippen LogP contribution in [-0.4, -0.2) is 46.1 Å². The first-order chi connectivity index (χ1) is 14.0. The van der Waals surface area contributed by atoms with Gasteiger partial charge in [0.25, 0.3) is 0 Å². The minimum absolute atomic E-state index is 0.270. The average Bonchev–Trinajstić information content (AvgIpc) is 3.22. The van der Waals surface area contributed by atoms with Gasteiger partial charge in [0, 0.05) is 12.6 Å².